The van der Waals surface area contributed by atoms with Gasteiger partial charge in [-0.1, -0.05) is 13.0 Å². The first kappa shape index (κ1) is 21.3. The van der Waals surface area contributed by atoms with Gasteiger partial charge in [0, 0.05) is 12.5 Å². The van der Waals surface area contributed by atoms with Gasteiger partial charge in [0.05, 0.1) is 17.6 Å². The lowest BCUT2D eigenvalue weighted by atomic mass is 10.0. The second-order valence-corrected chi connectivity index (χ2v) is 5.98. The molecule has 3 rings (SSSR count). The summed E-state index contributed by atoms with van der Waals surface area (Å²) in [6.45, 7) is 2.21. The monoisotopic (exact) mass is 408 g/mol. The Labute approximate surface area is 164 Å². The molecule has 3 aromatic rings. The lowest BCUT2D eigenvalue weighted by Crippen LogP contribution is -2.20. The highest BCUT2D eigenvalue weighted by Crippen LogP contribution is 2.26. The molecule has 0 unspecified atom stereocenters. The highest BCUT2D eigenvalue weighted by molar-refractivity contribution is 7.51. The van der Waals surface area contributed by atoms with Crippen LogP contribution in [0.3, 0.4) is 0 Å². The van der Waals surface area contributed by atoms with Gasteiger partial charge in [0.2, 0.25) is 0 Å². The molecule has 0 radical (unpaired) electrons. The first-order valence-electron chi connectivity index (χ1n) is 8.24. The maximum atomic E-state index is 12.8. The minimum atomic E-state index is -2.87. The van der Waals surface area contributed by atoms with E-state index in [1.165, 1.54) is 12.5 Å². The Morgan fingerprint density at radius 2 is 1.96 bits per heavy atom. The number of alkyl halides is 2. The minimum absolute atomic E-state index is 0.322. The Morgan fingerprint density at radius 1 is 1.21 bits per heavy atom. The Hall–Kier alpha value is -3.01. The zero-order valence-corrected chi connectivity index (χ0v) is 16.0. The van der Waals surface area contributed by atoms with E-state index in [2.05, 4.69) is 22.0 Å². The van der Waals surface area contributed by atoms with Crippen LogP contribution in [0.15, 0.2) is 49.2 Å². The summed E-state index contributed by atoms with van der Waals surface area (Å²) in [5, 5.41) is 4.13. The number of pyridine rings is 1. The van der Waals surface area contributed by atoms with Gasteiger partial charge in [0.1, 0.15) is 18.4 Å². The summed E-state index contributed by atoms with van der Waals surface area (Å²) >= 11 is -0.750. The minimum Gasteiger partial charge on any atom is -0.486 e. The van der Waals surface area contributed by atoms with Crippen LogP contribution in [0.25, 0.3) is 16.9 Å². The van der Waals surface area contributed by atoms with Gasteiger partial charge >= 0.3 is 11.6 Å². The van der Waals surface area contributed by atoms with E-state index < -0.39 is 24.1 Å². The second-order valence-electron chi connectivity index (χ2n) is 5.84. The van der Waals surface area contributed by atoms with E-state index in [1.54, 1.807) is 23.1 Å². The number of nitrogens with zero attached hydrogens (tertiary/aromatic N) is 4. The van der Waals surface area contributed by atoms with Crippen LogP contribution >= 0.6 is 0 Å². The third kappa shape index (κ3) is 6.02. The normalized spacial score (nSPS) is 10.7. The number of hydrogen-bond acceptors (Lipinski definition) is 6. The smallest absolute Gasteiger partial charge is 0.335 e. The number of aromatic nitrogens is 4. The average molecular weight is 408 g/mol. The van der Waals surface area contributed by atoms with Crippen LogP contribution in [-0.2, 0) is 18.0 Å². The molecule has 0 aliphatic rings. The van der Waals surface area contributed by atoms with Crippen molar-refractivity contribution in [1.82, 2.24) is 19.7 Å². The molecule has 10 heteroatoms. The molecule has 148 valence electrons. The van der Waals surface area contributed by atoms with Crippen molar-refractivity contribution in [3.63, 3.8) is 0 Å². The van der Waals surface area contributed by atoms with Gasteiger partial charge in [-0.3, -0.25) is 4.98 Å². The lowest BCUT2D eigenvalue weighted by molar-refractivity contribution is -0.0230. The zero-order valence-electron chi connectivity index (χ0n) is 15.2. The van der Waals surface area contributed by atoms with Crippen molar-refractivity contribution in [3.05, 3.63) is 54.7 Å². The van der Waals surface area contributed by atoms with Crippen LogP contribution < -0.4 is 4.74 Å². The summed E-state index contributed by atoms with van der Waals surface area (Å²) in [6, 6.07) is 9.37. The summed E-state index contributed by atoms with van der Waals surface area (Å²) in [5.41, 5.74) is 3.77. The lowest BCUT2D eigenvalue weighted by Gasteiger charge is -2.13. The predicted octanol–water partition coefficient (Wildman–Crippen LogP) is 3.26. The summed E-state index contributed by atoms with van der Waals surface area (Å²) in [5.74, 6) is -2.55. The SMILES string of the molecule is CCc1cc(-n2cncn2)ccc1-c1ccc(OCC(C)(F)F)cn1.O=S=O. The molecular formula is C18H18F2N4O3S. The number of halogens is 2. The quantitative estimate of drug-likeness (QED) is 0.622. The number of ether oxygens (including phenoxy) is 1. The molecule has 0 aliphatic carbocycles. The molecule has 2 aromatic heterocycles. The molecule has 0 spiro atoms. The highest BCUT2D eigenvalue weighted by atomic mass is 32.1. The average Bonchev–Trinajstić information content (AvgIpc) is 3.21. The summed E-state index contributed by atoms with van der Waals surface area (Å²) in [7, 11) is 0. The predicted molar refractivity (Wildman–Crippen MR) is 99.0 cm³/mol. The van der Waals surface area contributed by atoms with Crippen molar-refractivity contribution in [2.75, 3.05) is 6.61 Å². The fourth-order valence-corrected chi connectivity index (χ4v) is 2.44. The summed E-state index contributed by atoms with van der Waals surface area (Å²) in [4.78, 5) is 8.30. The van der Waals surface area contributed by atoms with Crippen molar-refractivity contribution in [1.29, 1.82) is 0 Å². The van der Waals surface area contributed by atoms with E-state index >= 15 is 0 Å². The molecule has 0 atom stereocenters. The fourth-order valence-electron chi connectivity index (χ4n) is 2.44. The van der Waals surface area contributed by atoms with Crippen molar-refractivity contribution >= 4 is 11.6 Å². The van der Waals surface area contributed by atoms with Crippen LogP contribution in [0, 0.1) is 0 Å². The molecular weight excluding hydrogens is 390 g/mol. The van der Waals surface area contributed by atoms with Gasteiger partial charge in [0.25, 0.3) is 5.92 Å². The molecule has 0 amide bonds. The molecule has 7 nitrogen and oxygen atoms in total. The van der Waals surface area contributed by atoms with Gasteiger partial charge in [-0.05, 0) is 36.2 Å². The van der Waals surface area contributed by atoms with E-state index in [4.69, 9.17) is 13.2 Å². The molecule has 0 bridgehead atoms. The highest BCUT2D eigenvalue weighted by Gasteiger charge is 2.22. The maximum absolute atomic E-state index is 12.8. The van der Waals surface area contributed by atoms with Crippen molar-refractivity contribution in [2.24, 2.45) is 0 Å². The second kappa shape index (κ2) is 9.79. The third-order valence-electron chi connectivity index (χ3n) is 3.66. The number of aryl methyl sites for hydroxylation is 1. The standard InChI is InChI=1S/C18H18F2N4O.O2S/c1-3-13-8-14(24-12-21-11-23-24)4-6-16(13)17-7-5-15(9-22-17)25-10-18(2,19)20;1-3-2/h4-9,11-12H,3,10H2,1-2H3;. The topological polar surface area (TPSA) is 87.0 Å². The fraction of sp³-hybridized carbons (Fsp3) is 0.278. The third-order valence-corrected chi connectivity index (χ3v) is 3.66. The Bertz CT molecular complexity index is 923. The van der Waals surface area contributed by atoms with Crippen LogP contribution in [0.2, 0.25) is 0 Å². The largest absolute Gasteiger partial charge is 0.486 e. The van der Waals surface area contributed by atoms with E-state index in [1.807, 2.05) is 18.2 Å². The number of rotatable bonds is 6. The molecule has 0 aliphatic heterocycles. The van der Waals surface area contributed by atoms with Gasteiger partial charge in [-0.2, -0.15) is 13.5 Å². The first-order chi connectivity index (χ1) is 13.4. The zero-order chi connectivity index (χ0) is 20.6. The summed E-state index contributed by atoms with van der Waals surface area (Å²) < 4.78 is 49.0. The molecule has 0 saturated heterocycles. The maximum Gasteiger partial charge on any atom is 0.335 e. The Kier molecular flexibility index (Phi) is 7.44. The first-order valence-corrected chi connectivity index (χ1v) is 8.91. The molecule has 0 N–H and O–H groups in total. The van der Waals surface area contributed by atoms with Crippen molar-refractivity contribution in [3.8, 4) is 22.7 Å². The molecule has 28 heavy (non-hydrogen) atoms. The van der Waals surface area contributed by atoms with Crippen LogP contribution in [0.4, 0.5) is 8.78 Å². The van der Waals surface area contributed by atoms with Crippen LogP contribution in [-0.4, -0.2) is 40.7 Å². The van der Waals surface area contributed by atoms with E-state index in [9.17, 15) is 8.78 Å². The van der Waals surface area contributed by atoms with Gasteiger partial charge in [-0.25, -0.2) is 18.4 Å². The molecule has 0 fully saturated rings. The van der Waals surface area contributed by atoms with E-state index in [-0.39, 0.29) is 0 Å². The van der Waals surface area contributed by atoms with Crippen molar-refractivity contribution in [2.45, 2.75) is 26.2 Å². The number of hydrogen-bond donors (Lipinski definition) is 0. The molecule has 0 saturated carbocycles. The molecule has 1 aromatic carbocycles. The van der Waals surface area contributed by atoms with Crippen LogP contribution in [0.5, 0.6) is 5.75 Å². The summed E-state index contributed by atoms with van der Waals surface area (Å²) in [6.07, 6.45) is 5.41. The Balaban J connectivity index is 0.000000878. The van der Waals surface area contributed by atoms with Gasteiger partial charge in [-0.15, -0.1) is 0 Å². The van der Waals surface area contributed by atoms with Crippen LogP contribution in [0.1, 0.15) is 19.4 Å². The van der Waals surface area contributed by atoms with E-state index in [0.717, 1.165) is 35.9 Å². The van der Waals surface area contributed by atoms with Gasteiger partial charge in [0.15, 0.2) is 6.61 Å². The van der Waals surface area contributed by atoms with Crippen molar-refractivity contribution < 1.29 is 21.9 Å². The number of benzene rings is 1. The van der Waals surface area contributed by atoms with E-state index in [0.29, 0.717) is 5.75 Å². The Morgan fingerprint density at radius 3 is 2.50 bits per heavy atom. The molecule has 2 heterocycles. The van der Waals surface area contributed by atoms with Gasteiger partial charge < -0.3 is 4.74 Å².